The van der Waals surface area contributed by atoms with E-state index >= 15 is 0 Å². The summed E-state index contributed by atoms with van der Waals surface area (Å²) in [6.45, 7) is 5.61. The molecule has 0 radical (unpaired) electrons. The van der Waals surface area contributed by atoms with Gasteiger partial charge in [-0.2, -0.15) is 0 Å². The second kappa shape index (κ2) is 8.67. The van der Waals surface area contributed by atoms with Crippen molar-refractivity contribution < 1.29 is 19.1 Å². The van der Waals surface area contributed by atoms with Gasteiger partial charge in [0.05, 0.1) is 6.61 Å². The van der Waals surface area contributed by atoms with Crippen LogP contribution in [-0.4, -0.2) is 31.7 Å². The van der Waals surface area contributed by atoms with Gasteiger partial charge in [-0.25, -0.2) is 9.59 Å². The van der Waals surface area contributed by atoms with Crippen LogP contribution in [0, 0.1) is 0 Å². The Bertz CT molecular complexity index is 284. The minimum Gasteiger partial charge on any atom is -0.462 e. The summed E-state index contributed by atoms with van der Waals surface area (Å²) in [4.78, 5) is 21.9. The van der Waals surface area contributed by atoms with Gasteiger partial charge in [0.1, 0.15) is 6.61 Å². The average Bonchev–Trinajstić information content (AvgIpc) is 2.30. The molecule has 0 atom stereocenters. The maximum atomic E-state index is 11.2. The molecule has 16 heavy (non-hydrogen) atoms. The van der Waals surface area contributed by atoms with Gasteiger partial charge in [-0.15, -0.1) is 0 Å². The second-order valence-corrected chi connectivity index (χ2v) is 2.97. The molecule has 0 aliphatic rings. The lowest BCUT2D eigenvalue weighted by atomic mass is 10.2. The van der Waals surface area contributed by atoms with Crippen LogP contribution in [0.25, 0.3) is 0 Å². The van der Waals surface area contributed by atoms with Gasteiger partial charge in [-0.05, 0) is 6.92 Å². The van der Waals surface area contributed by atoms with Crippen LogP contribution in [0.1, 0.15) is 13.3 Å². The normalized spacial score (nSPS) is 10.8. The molecule has 0 fully saturated rings. The third-order valence-electron chi connectivity index (χ3n) is 1.65. The van der Waals surface area contributed by atoms with E-state index in [1.54, 1.807) is 13.0 Å². The van der Waals surface area contributed by atoms with E-state index in [-0.39, 0.29) is 13.2 Å². The molecule has 0 saturated carbocycles. The molecule has 5 nitrogen and oxygen atoms in total. The van der Waals surface area contributed by atoms with Gasteiger partial charge in [0.2, 0.25) is 0 Å². The average molecular weight is 227 g/mol. The highest BCUT2D eigenvalue weighted by atomic mass is 16.5. The summed E-state index contributed by atoms with van der Waals surface area (Å²) in [6, 6.07) is 0. The molecule has 0 aromatic rings. The van der Waals surface area contributed by atoms with Crippen molar-refractivity contribution in [1.29, 1.82) is 0 Å². The van der Waals surface area contributed by atoms with Crippen LogP contribution in [0.15, 0.2) is 24.3 Å². The van der Waals surface area contributed by atoms with Crippen LogP contribution in [-0.2, 0) is 19.1 Å². The molecule has 5 heteroatoms. The van der Waals surface area contributed by atoms with Gasteiger partial charge in [-0.1, -0.05) is 12.7 Å². The Morgan fingerprint density at radius 2 is 2.00 bits per heavy atom. The quantitative estimate of drug-likeness (QED) is 0.390. The van der Waals surface area contributed by atoms with Crippen molar-refractivity contribution in [2.75, 3.05) is 19.8 Å². The number of rotatable bonds is 7. The van der Waals surface area contributed by atoms with E-state index < -0.39 is 11.9 Å². The second-order valence-electron chi connectivity index (χ2n) is 2.97. The number of hydrogen-bond donors (Lipinski definition) is 1. The van der Waals surface area contributed by atoms with Gasteiger partial charge in [-0.3, -0.25) is 0 Å². The highest BCUT2D eigenvalue weighted by Crippen LogP contribution is 1.99. The first-order valence-electron chi connectivity index (χ1n) is 4.95. The number of ether oxygens (including phenoxy) is 2. The van der Waals surface area contributed by atoms with Gasteiger partial charge in [0.25, 0.3) is 0 Å². The maximum absolute atomic E-state index is 11.2. The standard InChI is InChI=1S/C11H17NO4/c1-3-10(13)15-7-4-5-9(2)11(14)16-8-6-12/h3,5H,1,4,6-8,12H2,2H3. The van der Waals surface area contributed by atoms with Crippen molar-refractivity contribution >= 4 is 11.9 Å². The summed E-state index contributed by atoms with van der Waals surface area (Å²) in [6.07, 6.45) is 3.20. The molecule has 0 aliphatic carbocycles. The van der Waals surface area contributed by atoms with Crippen molar-refractivity contribution in [2.45, 2.75) is 13.3 Å². The first-order chi connectivity index (χ1) is 7.61. The minimum absolute atomic E-state index is 0.204. The van der Waals surface area contributed by atoms with Crippen LogP contribution in [0.5, 0.6) is 0 Å². The number of hydrogen-bond acceptors (Lipinski definition) is 5. The zero-order chi connectivity index (χ0) is 12.4. The fourth-order valence-electron chi connectivity index (χ4n) is 0.843. The van der Waals surface area contributed by atoms with E-state index in [4.69, 9.17) is 15.2 Å². The Balaban J connectivity index is 3.81. The molecule has 0 rings (SSSR count). The minimum atomic E-state index is -0.475. The summed E-state index contributed by atoms with van der Waals surface area (Å²) in [5.41, 5.74) is 5.66. The predicted octanol–water partition coefficient (Wildman–Crippen LogP) is 0.554. The predicted molar refractivity (Wildman–Crippen MR) is 59.5 cm³/mol. The van der Waals surface area contributed by atoms with E-state index in [9.17, 15) is 9.59 Å². The fourth-order valence-corrected chi connectivity index (χ4v) is 0.843. The molecule has 0 amide bonds. The van der Waals surface area contributed by atoms with Gasteiger partial charge < -0.3 is 15.2 Å². The van der Waals surface area contributed by atoms with Crippen molar-refractivity contribution in [3.8, 4) is 0 Å². The largest absolute Gasteiger partial charge is 0.462 e. The summed E-state index contributed by atoms with van der Waals surface area (Å²) >= 11 is 0. The topological polar surface area (TPSA) is 78.6 Å². The summed E-state index contributed by atoms with van der Waals surface area (Å²) in [7, 11) is 0. The number of carbonyl (C=O) groups excluding carboxylic acids is 2. The molecule has 0 aliphatic heterocycles. The molecule has 0 aromatic heterocycles. The molecule has 0 aromatic carbocycles. The van der Waals surface area contributed by atoms with E-state index in [1.807, 2.05) is 0 Å². The molecular weight excluding hydrogens is 210 g/mol. The Hall–Kier alpha value is -1.62. The highest BCUT2D eigenvalue weighted by molar-refractivity contribution is 5.87. The molecule has 0 saturated heterocycles. The van der Waals surface area contributed by atoms with Crippen molar-refractivity contribution in [1.82, 2.24) is 0 Å². The molecule has 0 unspecified atom stereocenters. The molecule has 0 bridgehead atoms. The lowest BCUT2D eigenvalue weighted by molar-refractivity contribution is -0.138. The van der Waals surface area contributed by atoms with Crippen LogP contribution >= 0.6 is 0 Å². The summed E-state index contributed by atoms with van der Waals surface area (Å²) < 4.78 is 9.52. The van der Waals surface area contributed by atoms with E-state index in [1.165, 1.54) is 0 Å². The fraction of sp³-hybridized carbons (Fsp3) is 0.455. The summed E-state index contributed by atoms with van der Waals surface area (Å²) in [5, 5.41) is 0. The summed E-state index contributed by atoms with van der Waals surface area (Å²) in [5.74, 6) is -0.878. The van der Waals surface area contributed by atoms with Gasteiger partial charge in [0.15, 0.2) is 0 Å². The lowest BCUT2D eigenvalue weighted by Crippen LogP contribution is -2.14. The SMILES string of the molecule is C=CC(=O)OCCC=C(C)C(=O)OCCN. The van der Waals surface area contributed by atoms with Crippen LogP contribution < -0.4 is 5.73 Å². The third-order valence-corrected chi connectivity index (χ3v) is 1.65. The van der Waals surface area contributed by atoms with Crippen molar-refractivity contribution in [3.05, 3.63) is 24.3 Å². The van der Waals surface area contributed by atoms with Gasteiger partial charge in [0, 0.05) is 24.6 Å². The number of carbonyl (C=O) groups is 2. The molecule has 90 valence electrons. The van der Waals surface area contributed by atoms with Crippen molar-refractivity contribution in [2.24, 2.45) is 5.73 Å². The first-order valence-corrected chi connectivity index (χ1v) is 4.95. The van der Waals surface area contributed by atoms with Crippen molar-refractivity contribution in [3.63, 3.8) is 0 Å². The van der Waals surface area contributed by atoms with Gasteiger partial charge >= 0.3 is 11.9 Å². The Morgan fingerprint density at radius 3 is 2.56 bits per heavy atom. The molecule has 2 N–H and O–H groups in total. The molecule has 0 heterocycles. The molecule has 0 spiro atoms. The first kappa shape index (κ1) is 14.4. The number of esters is 2. The van der Waals surface area contributed by atoms with E-state index in [0.717, 1.165) is 6.08 Å². The van der Waals surface area contributed by atoms with Crippen LogP contribution in [0.3, 0.4) is 0 Å². The van der Waals surface area contributed by atoms with E-state index in [2.05, 4.69) is 6.58 Å². The van der Waals surface area contributed by atoms with Crippen LogP contribution in [0.4, 0.5) is 0 Å². The zero-order valence-electron chi connectivity index (χ0n) is 9.40. The lowest BCUT2D eigenvalue weighted by Gasteiger charge is -2.03. The number of nitrogens with two attached hydrogens (primary N) is 1. The van der Waals surface area contributed by atoms with Crippen LogP contribution in [0.2, 0.25) is 0 Å². The Morgan fingerprint density at radius 1 is 1.31 bits per heavy atom. The monoisotopic (exact) mass is 227 g/mol. The highest BCUT2D eigenvalue weighted by Gasteiger charge is 2.04. The zero-order valence-corrected chi connectivity index (χ0v) is 9.40. The maximum Gasteiger partial charge on any atom is 0.333 e. The molecular formula is C11H17NO4. The third kappa shape index (κ3) is 6.78. The Kier molecular flexibility index (Phi) is 7.79. The smallest absolute Gasteiger partial charge is 0.333 e. The van der Waals surface area contributed by atoms with E-state index in [0.29, 0.717) is 18.5 Å². The Labute approximate surface area is 94.9 Å².